The van der Waals surface area contributed by atoms with E-state index in [-0.39, 0.29) is 27.9 Å². The Kier molecular flexibility index (Phi) is 6.31. The molecule has 1 atom stereocenters. The topological polar surface area (TPSA) is 66.5 Å². The summed E-state index contributed by atoms with van der Waals surface area (Å²) in [6, 6.07) is 1.41. The lowest BCUT2D eigenvalue weighted by atomic mass is 10.2. The molecule has 0 aliphatic carbocycles. The molecule has 0 saturated carbocycles. The van der Waals surface area contributed by atoms with Crippen molar-refractivity contribution in [3.05, 3.63) is 26.7 Å². The zero-order valence-electron chi connectivity index (χ0n) is 12.4. The van der Waals surface area contributed by atoms with Crippen molar-refractivity contribution < 1.29 is 26.4 Å². The number of halogens is 6. The summed E-state index contributed by atoms with van der Waals surface area (Å²) < 4.78 is 63.7. The largest absolute Gasteiger partial charge is 0.405 e. The zero-order valence-corrected chi connectivity index (χ0v) is 16.3. The molecule has 1 aromatic rings. The molecule has 0 spiro atoms. The molecule has 1 aromatic carbocycles. The molecular formula is C13H12BrCl2F3N2O3S. The van der Waals surface area contributed by atoms with Crippen LogP contribution in [0.25, 0.3) is 0 Å². The van der Waals surface area contributed by atoms with E-state index in [2.05, 4.69) is 15.9 Å². The second kappa shape index (κ2) is 7.59. The molecule has 2 rings (SSSR count). The molecule has 1 N–H and O–H groups in total. The quantitative estimate of drug-likeness (QED) is 0.711. The highest BCUT2D eigenvalue weighted by Crippen LogP contribution is 2.37. The second-order valence-electron chi connectivity index (χ2n) is 5.31. The van der Waals surface area contributed by atoms with E-state index in [1.165, 1.54) is 12.1 Å². The summed E-state index contributed by atoms with van der Waals surface area (Å²) in [6.07, 6.45) is -4.15. The van der Waals surface area contributed by atoms with Gasteiger partial charge in [-0.25, -0.2) is 8.42 Å². The fraction of sp³-hybridized carbons (Fsp3) is 0.462. The predicted molar refractivity (Wildman–Crippen MR) is 90.1 cm³/mol. The Hall–Kier alpha value is -0.550. The third kappa shape index (κ3) is 4.79. The van der Waals surface area contributed by atoms with Crippen molar-refractivity contribution >= 4 is 55.1 Å². The van der Waals surface area contributed by atoms with E-state index in [0.717, 1.165) is 4.31 Å². The molecule has 1 aliphatic heterocycles. The molecular weight excluding hydrogens is 472 g/mol. The van der Waals surface area contributed by atoms with Gasteiger partial charge in [0, 0.05) is 11.0 Å². The summed E-state index contributed by atoms with van der Waals surface area (Å²) in [4.78, 5) is 11.6. The predicted octanol–water partition coefficient (Wildman–Crippen LogP) is 3.59. The van der Waals surface area contributed by atoms with Crippen LogP contribution in [-0.4, -0.2) is 43.9 Å². The highest BCUT2D eigenvalue weighted by atomic mass is 79.9. The summed E-state index contributed by atoms with van der Waals surface area (Å²) in [5, 5.41) is 1.41. The third-order valence-corrected chi connectivity index (χ3v) is 6.79. The van der Waals surface area contributed by atoms with Crippen LogP contribution in [-0.2, 0) is 14.8 Å². The Balaban J connectivity index is 2.31. The lowest BCUT2D eigenvalue weighted by molar-refractivity contribution is -0.140. The Bertz CT molecular complexity index is 766. The van der Waals surface area contributed by atoms with Crippen LogP contribution < -0.4 is 5.32 Å². The van der Waals surface area contributed by atoms with Crippen molar-refractivity contribution in [1.82, 2.24) is 9.62 Å². The minimum absolute atomic E-state index is 0.0187. The lowest BCUT2D eigenvalue weighted by Crippen LogP contribution is -2.48. The van der Waals surface area contributed by atoms with Gasteiger partial charge in [0.15, 0.2) is 0 Å². The van der Waals surface area contributed by atoms with Crippen LogP contribution in [0.1, 0.15) is 12.8 Å². The first-order valence-electron chi connectivity index (χ1n) is 6.94. The Morgan fingerprint density at radius 3 is 2.40 bits per heavy atom. The SMILES string of the molecule is O=C(NCC(F)(F)F)C1CCCN1S(=O)(=O)c1c(Cl)cc(Br)cc1Cl. The molecule has 25 heavy (non-hydrogen) atoms. The van der Waals surface area contributed by atoms with Crippen molar-refractivity contribution in [2.45, 2.75) is 30.0 Å². The first kappa shape index (κ1) is 20.8. The fourth-order valence-corrected chi connectivity index (χ4v) is 6.03. The molecule has 0 radical (unpaired) electrons. The number of hydrogen-bond donors (Lipinski definition) is 1. The number of hydrogen-bond acceptors (Lipinski definition) is 3. The van der Waals surface area contributed by atoms with E-state index >= 15 is 0 Å². The zero-order chi connectivity index (χ0) is 19.0. The summed E-state index contributed by atoms with van der Waals surface area (Å²) in [5.41, 5.74) is 0. The number of alkyl halides is 3. The van der Waals surface area contributed by atoms with Crippen LogP contribution in [0.3, 0.4) is 0 Å². The van der Waals surface area contributed by atoms with Crippen LogP contribution >= 0.6 is 39.1 Å². The van der Waals surface area contributed by atoms with Crippen molar-refractivity contribution in [2.24, 2.45) is 0 Å². The van der Waals surface area contributed by atoms with Gasteiger partial charge < -0.3 is 5.32 Å². The van der Waals surface area contributed by atoms with Gasteiger partial charge in [0.25, 0.3) is 0 Å². The van der Waals surface area contributed by atoms with Crippen molar-refractivity contribution in [1.29, 1.82) is 0 Å². The van der Waals surface area contributed by atoms with E-state index in [4.69, 9.17) is 23.2 Å². The standard InChI is InChI=1S/C13H12BrCl2F3N2O3S/c14-7-4-8(15)11(9(16)5-7)25(23,24)21-3-1-2-10(21)12(22)20-6-13(17,18)19/h4-5,10H,1-3,6H2,(H,20,22). The normalized spacial score (nSPS) is 19.2. The minimum atomic E-state index is -4.59. The minimum Gasteiger partial charge on any atom is -0.346 e. The first-order valence-corrected chi connectivity index (χ1v) is 9.93. The fourth-order valence-electron chi connectivity index (χ4n) is 2.49. The van der Waals surface area contributed by atoms with Crippen LogP contribution in [0.5, 0.6) is 0 Å². The number of rotatable bonds is 4. The van der Waals surface area contributed by atoms with Crippen LogP contribution in [0.15, 0.2) is 21.5 Å². The van der Waals surface area contributed by atoms with E-state index < -0.39 is 34.7 Å². The summed E-state index contributed by atoms with van der Waals surface area (Å²) in [6.45, 7) is -1.55. The van der Waals surface area contributed by atoms with Crippen LogP contribution in [0, 0.1) is 0 Å². The first-order chi connectivity index (χ1) is 11.4. The number of nitrogens with one attached hydrogen (secondary N) is 1. The molecule has 1 saturated heterocycles. The van der Waals surface area contributed by atoms with Crippen molar-refractivity contribution in [3.63, 3.8) is 0 Å². The van der Waals surface area contributed by atoms with Gasteiger partial charge in [0.2, 0.25) is 15.9 Å². The highest BCUT2D eigenvalue weighted by Gasteiger charge is 2.42. The molecule has 1 aliphatic rings. The van der Waals surface area contributed by atoms with E-state index in [1.807, 2.05) is 0 Å². The Morgan fingerprint density at radius 1 is 1.32 bits per heavy atom. The van der Waals surface area contributed by atoms with Gasteiger partial charge >= 0.3 is 6.18 Å². The maximum Gasteiger partial charge on any atom is 0.405 e. The third-order valence-electron chi connectivity index (χ3n) is 3.50. The summed E-state index contributed by atoms with van der Waals surface area (Å²) >= 11 is 15.1. The molecule has 1 unspecified atom stereocenters. The lowest BCUT2D eigenvalue weighted by Gasteiger charge is -2.24. The van der Waals surface area contributed by atoms with Gasteiger partial charge in [-0.05, 0) is 25.0 Å². The molecule has 0 bridgehead atoms. The molecule has 1 heterocycles. The van der Waals surface area contributed by atoms with E-state index in [9.17, 15) is 26.4 Å². The summed E-state index contributed by atoms with van der Waals surface area (Å²) in [5.74, 6) is -1.01. The van der Waals surface area contributed by atoms with Gasteiger partial charge in [-0.3, -0.25) is 4.79 Å². The Labute approximate surface area is 160 Å². The van der Waals surface area contributed by atoms with Crippen LogP contribution in [0.4, 0.5) is 13.2 Å². The maximum atomic E-state index is 12.8. The molecule has 1 fully saturated rings. The average Bonchev–Trinajstić information content (AvgIpc) is 2.92. The van der Waals surface area contributed by atoms with Gasteiger partial charge in [-0.15, -0.1) is 0 Å². The number of sulfonamides is 1. The van der Waals surface area contributed by atoms with Crippen molar-refractivity contribution in [3.8, 4) is 0 Å². The van der Waals surface area contributed by atoms with Crippen LogP contribution in [0.2, 0.25) is 10.0 Å². The monoisotopic (exact) mass is 482 g/mol. The summed E-state index contributed by atoms with van der Waals surface area (Å²) in [7, 11) is -4.26. The average molecular weight is 484 g/mol. The van der Waals surface area contributed by atoms with Crippen molar-refractivity contribution in [2.75, 3.05) is 13.1 Å². The number of amides is 1. The van der Waals surface area contributed by atoms with Gasteiger partial charge in [-0.2, -0.15) is 17.5 Å². The van der Waals surface area contributed by atoms with E-state index in [1.54, 1.807) is 5.32 Å². The van der Waals surface area contributed by atoms with E-state index in [0.29, 0.717) is 10.9 Å². The molecule has 5 nitrogen and oxygen atoms in total. The molecule has 1 amide bonds. The van der Waals surface area contributed by atoms with Gasteiger partial charge in [0.05, 0.1) is 10.0 Å². The van der Waals surface area contributed by atoms with Gasteiger partial charge in [-0.1, -0.05) is 39.1 Å². The molecule has 0 aromatic heterocycles. The highest BCUT2D eigenvalue weighted by molar-refractivity contribution is 9.10. The maximum absolute atomic E-state index is 12.8. The smallest absolute Gasteiger partial charge is 0.346 e. The Morgan fingerprint density at radius 2 is 1.88 bits per heavy atom. The van der Waals surface area contributed by atoms with Gasteiger partial charge in [0.1, 0.15) is 17.5 Å². The number of benzene rings is 1. The molecule has 140 valence electrons. The number of carbonyl (C=O) groups excluding carboxylic acids is 1. The number of nitrogens with zero attached hydrogens (tertiary/aromatic N) is 1. The molecule has 12 heteroatoms. The second-order valence-corrected chi connectivity index (χ2v) is 8.86. The number of carbonyl (C=O) groups is 1.